The van der Waals surface area contributed by atoms with Gasteiger partial charge in [-0.05, 0) is 6.42 Å². The van der Waals surface area contributed by atoms with Crippen LogP contribution in [0.2, 0.25) is 0 Å². The molecular weight excluding hydrogens is 202 g/mol. The van der Waals surface area contributed by atoms with E-state index in [1.54, 1.807) is 7.11 Å². The van der Waals surface area contributed by atoms with Gasteiger partial charge < -0.3 is 4.74 Å². The molecule has 1 aromatic heterocycles. The molecule has 0 saturated carbocycles. The second kappa shape index (κ2) is 5.98. The smallest absolute Gasteiger partial charge is 0.101 e. The molecular formula is C9H16ClN3O. The van der Waals surface area contributed by atoms with Crippen molar-refractivity contribution < 1.29 is 4.74 Å². The number of methoxy groups -OCH3 is 1. The summed E-state index contributed by atoms with van der Waals surface area (Å²) in [6.07, 6.45) is 2.04. The number of hydrogen-bond donors (Lipinski definition) is 0. The van der Waals surface area contributed by atoms with E-state index >= 15 is 0 Å². The second-order valence-corrected chi connectivity index (χ2v) is 3.35. The van der Waals surface area contributed by atoms with Gasteiger partial charge in [-0.15, -0.1) is 16.7 Å². The van der Waals surface area contributed by atoms with Crippen LogP contribution in [0, 0.1) is 0 Å². The van der Waals surface area contributed by atoms with Crippen molar-refractivity contribution in [1.29, 1.82) is 0 Å². The fourth-order valence-corrected chi connectivity index (χ4v) is 1.55. The summed E-state index contributed by atoms with van der Waals surface area (Å²) in [5.74, 6) is 0.433. The molecule has 0 saturated heterocycles. The van der Waals surface area contributed by atoms with E-state index in [1.807, 2.05) is 4.68 Å². The number of alkyl halides is 1. The van der Waals surface area contributed by atoms with Gasteiger partial charge in [0.1, 0.15) is 5.69 Å². The molecule has 5 heteroatoms. The van der Waals surface area contributed by atoms with Gasteiger partial charge in [-0.25, -0.2) is 4.68 Å². The van der Waals surface area contributed by atoms with Crippen molar-refractivity contribution >= 4 is 11.6 Å². The normalized spacial score (nSPS) is 10.8. The third-order valence-corrected chi connectivity index (χ3v) is 2.29. The number of nitrogens with zero attached hydrogens (tertiary/aromatic N) is 3. The van der Waals surface area contributed by atoms with Crippen LogP contribution in [-0.2, 0) is 23.6 Å². The Kier molecular flexibility index (Phi) is 4.90. The van der Waals surface area contributed by atoms with Gasteiger partial charge >= 0.3 is 0 Å². The molecule has 0 fully saturated rings. The van der Waals surface area contributed by atoms with Crippen LogP contribution >= 0.6 is 11.6 Å². The van der Waals surface area contributed by atoms with Crippen molar-refractivity contribution in [2.45, 2.75) is 32.2 Å². The van der Waals surface area contributed by atoms with Gasteiger partial charge in [-0.3, -0.25) is 0 Å². The van der Waals surface area contributed by atoms with Crippen molar-refractivity contribution in [2.75, 3.05) is 13.7 Å². The lowest BCUT2D eigenvalue weighted by Crippen LogP contribution is -2.10. The van der Waals surface area contributed by atoms with E-state index in [0.717, 1.165) is 30.8 Å². The number of aromatic nitrogens is 3. The van der Waals surface area contributed by atoms with E-state index in [9.17, 15) is 0 Å². The number of ether oxygens (including phenoxy) is 1. The lowest BCUT2D eigenvalue weighted by molar-refractivity contribution is 0.181. The maximum Gasteiger partial charge on any atom is 0.101 e. The minimum absolute atomic E-state index is 0.433. The molecule has 0 radical (unpaired) electrons. The quantitative estimate of drug-likeness (QED) is 0.680. The molecule has 0 aliphatic rings. The van der Waals surface area contributed by atoms with E-state index < -0.39 is 0 Å². The minimum atomic E-state index is 0.433. The Labute approximate surface area is 89.2 Å². The predicted molar refractivity (Wildman–Crippen MR) is 55.5 cm³/mol. The molecule has 0 N–H and O–H groups in total. The topological polar surface area (TPSA) is 39.9 Å². The van der Waals surface area contributed by atoms with Gasteiger partial charge in [-0.1, -0.05) is 18.6 Å². The standard InChI is InChI=1S/C9H16ClN3O/c1-3-4-9-8(7-10)11-12-13(9)5-6-14-2/h3-7H2,1-2H3. The minimum Gasteiger partial charge on any atom is -0.383 e. The Hall–Kier alpha value is -0.610. The fraction of sp³-hybridized carbons (Fsp3) is 0.778. The summed E-state index contributed by atoms with van der Waals surface area (Å²) < 4.78 is 6.88. The highest BCUT2D eigenvalue weighted by atomic mass is 35.5. The first-order valence-corrected chi connectivity index (χ1v) is 5.33. The molecule has 0 bridgehead atoms. The first-order valence-electron chi connectivity index (χ1n) is 4.79. The Balaban J connectivity index is 2.75. The molecule has 1 heterocycles. The molecule has 80 valence electrons. The lowest BCUT2D eigenvalue weighted by Gasteiger charge is -2.05. The summed E-state index contributed by atoms with van der Waals surface area (Å²) in [7, 11) is 1.68. The molecule has 0 unspecified atom stereocenters. The third kappa shape index (κ3) is 2.69. The van der Waals surface area contributed by atoms with Crippen LogP contribution in [0.25, 0.3) is 0 Å². The Morgan fingerprint density at radius 1 is 1.50 bits per heavy atom. The number of hydrogen-bond acceptors (Lipinski definition) is 3. The van der Waals surface area contributed by atoms with Crippen LogP contribution in [0.5, 0.6) is 0 Å². The van der Waals surface area contributed by atoms with Crippen LogP contribution in [0.4, 0.5) is 0 Å². The van der Waals surface area contributed by atoms with Crippen molar-refractivity contribution in [1.82, 2.24) is 15.0 Å². The largest absolute Gasteiger partial charge is 0.383 e. The number of rotatable bonds is 6. The van der Waals surface area contributed by atoms with Crippen molar-refractivity contribution in [3.8, 4) is 0 Å². The third-order valence-electron chi connectivity index (χ3n) is 2.04. The van der Waals surface area contributed by atoms with E-state index in [4.69, 9.17) is 16.3 Å². The first-order chi connectivity index (χ1) is 6.83. The summed E-state index contributed by atoms with van der Waals surface area (Å²) in [5, 5.41) is 8.08. The van der Waals surface area contributed by atoms with Crippen molar-refractivity contribution in [2.24, 2.45) is 0 Å². The van der Waals surface area contributed by atoms with Gasteiger partial charge in [0, 0.05) is 7.11 Å². The highest BCUT2D eigenvalue weighted by Crippen LogP contribution is 2.10. The molecule has 1 rings (SSSR count). The Bertz CT molecular complexity index is 275. The molecule has 14 heavy (non-hydrogen) atoms. The van der Waals surface area contributed by atoms with Crippen molar-refractivity contribution in [3.63, 3.8) is 0 Å². The first kappa shape index (κ1) is 11.5. The fourth-order valence-electron chi connectivity index (χ4n) is 1.34. The highest BCUT2D eigenvalue weighted by molar-refractivity contribution is 6.16. The van der Waals surface area contributed by atoms with Crippen LogP contribution in [-0.4, -0.2) is 28.7 Å². The molecule has 0 atom stereocenters. The van der Waals surface area contributed by atoms with Gasteiger partial charge in [-0.2, -0.15) is 0 Å². The average molecular weight is 218 g/mol. The maximum absolute atomic E-state index is 5.77. The summed E-state index contributed by atoms with van der Waals surface area (Å²) in [6, 6.07) is 0. The monoisotopic (exact) mass is 217 g/mol. The van der Waals surface area contributed by atoms with E-state index in [2.05, 4.69) is 17.2 Å². The molecule has 0 amide bonds. The molecule has 0 aromatic carbocycles. The number of halogens is 1. The second-order valence-electron chi connectivity index (χ2n) is 3.08. The molecule has 1 aromatic rings. The van der Waals surface area contributed by atoms with E-state index in [0.29, 0.717) is 12.5 Å². The molecule has 0 aliphatic heterocycles. The summed E-state index contributed by atoms with van der Waals surface area (Å²) in [4.78, 5) is 0. The predicted octanol–water partition coefficient (Wildman–Crippen LogP) is 1.62. The Morgan fingerprint density at radius 2 is 2.29 bits per heavy atom. The summed E-state index contributed by atoms with van der Waals surface area (Å²) in [6.45, 7) is 3.53. The molecule has 0 spiro atoms. The van der Waals surface area contributed by atoms with E-state index in [-0.39, 0.29) is 0 Å². The van der Waals surface area contributed by atoms with Crippen LogP contribution in [0.1, 0.15) is 24.7 Å². The average Bonchev–Trinajstić information content (AvgIpc) is 2.58. The summed E-state index contributed by atoms with van der Waals surface area (Å²) >= 11 is 5.77. The van der Waals surface area contributed by atoms with Gasteiger partial charge in [0.2, 0.25) is 0 Å². The zero-order valence-electron chi connectivity index (χ0n) is 8.66. The van der Waals surface area contributed by atoms with Gasteiger partial charge in [0.15, 0.2) is 0 Å². The Morgan fingerprint density at radius 3 is 2.86 bits per heavy atom. The SMILES string of the molecule is CCCc1c(CCl)nnn1CCOC. The van der Waals surface area contributed by atoms with E-state index in [1.165, 1.54) is 0 Å². The maximum atomic E-state index is 5.77. The molecule has 0 aliphatic carbocycles. The van der Waals surface area contributed by atoms with Crippen LogP contribution in [0.15, 0.2) is 0 Å². The molecule has 4 nitrogen and oxygen atoms in total. The van der Waals surface area contributed by atoms with Crippen LogP contribution in [0.3, 0.4) is 0 Å². The van der Waals surface area contributed by atoms with Gasteiger partial charge in [0.05, 0.1) is 24.7 Å². The van der Waals surface area contributed by atoms with Crippen molar-refractivity contribution in [3.05, 3.63) is 11.4 Å². The zero-order chi connectivity index (χ0) is 10.4. The highest BCUT2D eigenvalue weighted by Gasteiger charge is 2.10. The van der Waals surface area contributed by atoms with Gasteiger partial charge in [0.25, 0.3) is 0 Å². The lowest BCUT2D eigenvalue weighted by atomic mass is 10.2. The summed E-state index contributed by atoms with van der Waals surface area (Å²) in [5.41, 5.74) is 2.03. The van der Waals surface area contributed by atoms with Crippen LogP contribution < -0.4 is 0 Å². The zero-order valence-corrected chi connectivity index (χ0v) is 9.42.